The number of aromatic nitrogens is 3. The first kappa shape index (κ1) is 24.4. The average Bonchev–Trinajstić information content (AvgIpc) is 3.20. The Labute approximate surface area is 205 Å². The first-order valence-corrected chi connectivity index (χ1v) is 10.9. The smallest absolute Gasteiger partial charge is 0.309 e. The molecule has 0 saturated carbocycles. The molecule has 1 N–H and O–H groups in total. The molecule has 0 fully saturated rings. The maximum Gasteiger partial charge on any atom is 0.309 e. The Bertz CT molecular complexity index is 1480. The van der Waals surface area contributed by atoms with Gasteiger partial charge in [0.05, 0.1) is 26.5 Å². The van der Waals surface area contributed by atoms with Gasteiger partial charge in [-0.05, 0) is 35.9 Å². The Balaban J connectivity index is 1.97. The molecule has 184 valence electrons. The number of para-hydroxylation sites is 2. The van der Waals surface area contributed by atoms with Gasteiger partial charge in [0.15, 0.2) is 0 Å². The van der Waals surface area contributed by atoms with Crippen LogP contribution in [0.25, 0.3) is 5.69 Å². The highest BCUT2D eigenvalue weighted by Crippen LogP contribution is 2.26. The van der Waals surface area contributed by atoms with Gasteiger partial charge >= 0.3 is 5.97 Å². The molecule has 0 spiro atoms. The third kappa shape index (κ3) is 5.02. The summed E-state index contributed by atoms with van der Waals surface area (Å²) in [5.74, 6) is -0.836. The molecular formula is C26H23FN4O5. The zero-order valence-corrected chi connectivity index (χ0v) is 19.8. The molecule has 4 rings (SSSR count). The van der Waals surface area contributed by atoms with Crippen molar-refractivity contribution >= 4 is 11.7 Å². The van der Waals surface area contributed by atoms with Crippen LogP contribution in [0.4, 0.5) is 4.39 Å². The number of methoxy groups -OCH3 is 2. The monoisotopic (exact) mass is 490 g/mol. The number of rotatable bonds is 8. The second-order valence-electron chi connectivity index (χ2n) is 7.59. The Morgan fingerprint density at radius 1 is 1.11 bits per heavy atom. The molecule has 0 aliphatic rings. The van der Waals surface area contributed by atoms with E-state index >= 15 is 4.39 Å². The van der Waals surface area contributed by atoms with Crippen molar-refractivity contribution in [2.75, 3.05) is 14.2 Å². The van der Waals surface area contributed by atoms with Gasteiger partial charge in [0.2, 0.25) is 5.88 Å². The van der Waals surface area contributed by atoms with Crippen LogP contribution >= 0.6 is 0 Å². The number of carbonyl (C=O) groups excluding carboxylic acids is 1. The molecule has 0 aliphatic carbocycles. The number of hydrogen-bond donors (Lipinski definition) is 1. The number of hydrogen-bond acceptors (Lipinski definition) is 7. The standard InChI is InChI=1S/C26H23FN4O5/c1-16(32)36-25-23(26(33)31(30-25)21-8-4-5-9-22(21)35-3)24(29-15-17-7-6-12-28-14-17)19-11-10-18(34-2)13-20(19)27/h4-14,30H,15H2,1-3H3. The minimum atomic E-state index is -0.675. The predicted octanol–water partition coefficient (Wildman–Crippen LogP) is 3.68. The minimum absolute atomic E-state index is 0.00912. The molecule has 0 atom stereocenters. The fourth-order valence-corrected chi connectivity index (χ4v) is 3.60. The van der Waals surface area contributed by atoms with Crippen molar-refractivity contribution in [3.8, 4) is 23.1 Å². The van der Waals surface area contributed by atoms with Crippen molar-refractivity contribution in [3.63, 3.8) is 0 Å². The number of benzene rings is 2. The number of H-pyrrole nitrogens is 1. The van der Waals surface area contributed by atoms with Gasteiger partial charge in [0, 0.05) is 30.9 Å². The summed E-state index contributed by atoms with van der Waals surface area (Å²) in [4.78, 5) is 34.3. The van der Waals surface area contributed by atoms with E-state index in [1.165, 1.54) is 33.3 Å². The summed E-state index contributed by atoms with van der Waals surface area (Å²) < 4.78 is 32.2. The normalized spacial score (nSPS) is 11.3. The first-order valence-electron chi connectivity index (χ1n) is 10.9. The number of aliphatic imine (C=N–C) groups is 1. The molecule has 9 nitrogen and oxygen atoms in total. The van der Waals surface area contributed by atoms with Crippen LogP contribution in [-0.4, -0.2) is 40.7 Å². The third-order valence-electron chi connectivity index (χ3n) is 5.24. The highest BCUT2D eigenvalue weighted by molar-refractivity contribution is 6.14. The summed E-state index contributed by atoms with van der Waals surface area (Å²) in [6.07, 6.45) is 3.23. The number of ether oxygens (including phenoxy) is 3. The SMILES string of the molecule is COc1ccc(C(=NCc2cccnc2)c2c(OC(C)=O)[nH]n(-c3ccccc3OC)c2=O)c(F)c1. The molecule has 2 aromatic heterocycles. The number of pyridine rings is 1. The summed E-state index contributed by atoms with van der Waals surface area (Å²) in [5.41, 5.74) is 0.381. The molecule has 0 bridgehead atoms. The van der Waals surface area contributed by atoms with Crippen LogP contribution in [0.1, 0.15) is 23.6 Å². The van der Waals surface area contributed by atoms with Gasteiger partial charge in [-0.3, -0.25) is 24.7 Å². The second-order valence-corrected chi connectivity index (χ2v) is 7.59. The zero-order valence-electron chi connectivity index (χ0n) is 19.8. The van der Waals surface area contributed by atoms with Crippen LogP contribution < -0.4 is 19.8 Å². The Hall–Kier alpha value is -4.73. The minimum Gasteiger partial charge on any atom is -0.497 e. The van der Waals surface area contributed by atoms with Gasteiger partial charge in [-0.15, -0.1) is 0 Å². The topological polar surface area (TPSA) is 108 Å². The van der Waals surface area contributed by atoms with Crippen molar-refractivity contribution in [2.24, 2.45) is 4.99 Å². The molecule has 0 saturated heterocycles. The summed E-state index contributed by atoms with van der Waals surface area (Å²) in [6, 6.07) is 14.5. The van der Waals surface area contributed by atoms with Crippen molar-refractivity contribution in [2.45, 2.75) is 13.5 Å². The molecule has 10 heteroatoms. The van der Waals surface area contributed by atoms with E-state index in [4.69, 9.17) is 14.2 Å². The van der Waals surface area contributed by atoms with Crippen molar-refractivity contribution in [1.82, 2.24) is 14.8 Å². The molecule has 2 aromatic carbocycles. The molecule has 0 aliphatic heterocycles. The van der Waals surface area contributed by atoms with Gasteiger partial charge in [-0.2, -0.15) is 0 Å². The quantitative estimate of drug-likeness (QED) is 0.298. The molecule has 0 radical (unpaired) electrons. The van der Waals surface area contributed by atoms with Crippen LogP contribution in [0.5, 0.6) is 17.4 Å². The number of aromatic amines is 1. The maximum absolute atomic E-state index is 15.3. The van der Waals surface area contributed by atoms with Crippen molar-refractivity contribution < 1.29 is 23.4 Å². The molecule has 0 amide bonds. The second kappa shape index (κ2) is 10.7. The lowest BCUT2D eigenvalue weighted by Crippen LogP contribution is -2.22. The first-order chi connectivity index (χ1) is 17.4. The van der Waals surface area contributed by atoms with E-state index in [0.29, 0.717) is 17.2 Å². The van der Waals surface area contributed by atoms with E-state index in [1.54, 1.807) is 54.9 Å². The van der Waals surface area contributed by atoms with Gasteiger partial charge in [-0.25, -0.2) is 9.07 Å². The fourth-order valence-electron chi connectivity index (χ4n) is 3.60. The Morgan fingerprint density at radius 3 is 2.58 bits per heavy atom. The lowest BCUT2D eigenvalue weighted by atomic mass is 10.0. The summed E-state index contributed by atoms with van der Waals surface area (Å²) in [5, 5.41) is 2.80. The molecule has 0 unspecified atom stereocenters. The number of nitrogens with zero attached hydrogens (tertiary/aromatic N) is 3. The van der Waals surface area contributed by atoms with Crippen LogP contribution in [0.15, 0.2) is 76.8 Å². The number of carbonyl (C=O) groups is 1. The van der Waals surface area contributed by atoms with Crippen molar-refractivity contribution in [3.05, 3.63) is 99.9 Å². The van der Waals surface area contributed by atoms with Gasteiger partial charge in [0.1, 0.15) is 28.6 Å². The summed E-state index contributed by atoms with van der Waals surface area (Å²) in [7, 11) is 2.89. The lowest BCUT2D eigenvalue weighted by Gasteiger charge is -2.10. The van der Waals surface area contributed by atoms with Crippen molar-refractivity contribution in [1.29, 1.82) is 0 Å². The van der Waals surface area contributed by atoms with Crippen LogP contribution in [-0.2, 0) is 11.3 Å². The Kier molecular flexibility index (Phi) is 7.24. The van der Waals surface area contributed by atoms with E-state index in [2.05, 4.69) is 15.1 Å². The fraction of sp³-hybridized carbons (Fsp3) is 0.154. The Morgan fingerprint density at radius 2 is 1.92 bits per heavy atom. The summed E-state index contributed by atoms with van der Waals surface area (Å²) >= 11 is 0. The van der Waals surface area contributed by atoms with E-state index in [1.807, 2.05) is 0 Å². The molecule has 4 aromatic rings. The maximum atomic E-state index is 15.3. The van der Waals surface area contributed by atoms with Crippen LogP contribution in [0, 0.1) is 5.82 Å². The third-order valence-corrected chi connectivity index (χ3v) is 5.24. The van der Waals surface area contributed by atoms with E-state index in [9.17, 15) is 9.59 Å². The van der Waals surface area contributed by atoms with Crippen LogP contribution in [0.2, 0.25) is 0 Å². The molecule has 36 heavy (non-hydrogen) atoms. The highest BCUT2D eigenvalue weighted by Gasteiger charge is 2.27. The number of nitrogens with one attached hydrogen (secondary N) is 1. The molecular weight excluding hydrogens is 467 g/mol. The number of halogens is 1. The molecule has 2 heterocycles. The highest BCUT2D eigenvalue weighted by atomic mass is 19.1. The summed E-state index contributed by atoms with van der Waals surface area (Å²) in [6.45, 7) is 1.29. The van der Waals surface area contributed by atoms with Crippen LogP contribution in [0.3, 0.4) is 0 Å². The van der Waals surface area contributed by atoms with Gasteiger partial charge in [0.25, 0.3) is 5.56 Å². The zero-order chi connectivity index (χ0) is 25.7. The van der Waals surface area contributed by atoms with E-state index in [0.717, 1.165) is 10.2 Å². The van der Waals surface area contributed by atoms with Gasteiger partial charge in [-0.1, -0.05) is 18.2 Å². The lowest BCUT2D eigenvalue weighted by molar-refractivity contribution is -0.132. The van der Waals surface area contributed by atoms with Gasteiger partial charge < -0.3 is 14.2 Å². The van der Waals surface area contributed by atoms with E-state index < -0.39 is 17.3 Å². The number of esters is 1. The van der Waals surface area contributed by atoms with E-state index in [-0.39, 0.29) is 29.3 Å². The largest absolute Gasteiger partial charge is 0.497 e. The average molecular weight is 490 g/mol. The predicted molar refractivity (Wildman–Crippen MR) is 131 cm³/mol.